The Kier molecular flexibility index (Phi) is 6.21. The summed E-state index contributed by atoms with van der Waals surface area (Å²) in [6.07, 6.45) is 3.19. The maximum atomic E-state index is 9.27. The van der Waals surface area contributed by atoms with Crippen LogP contribution in [-0.4, -0.2) is 28.0 Å². The van der Waals surface area contributed by atoms with E-state index in [1.165, 1.54) is 11.3 Å². The third-order valence-corrected chi connectivity index (χ3v) is 4.17. The molecule has 0 aromatic carbocycles. The first-order valence-corrected chi connectivity index (χ1v) is 7.66. The number of nitrogens with one attached hydrogen (secondary N) is 1. The van der Waals surface area contributed by atoms with E-state index in [1.807, 2.05) is 11.7 Å². The molecule has 116 valence electrons. The summed E-state index contributed by atoms with van der Waals surface area (Å²) in [6, 6.07) is 0.376. The number of nitrogens with zero attached hydrogens (tertiary/aromatic N) is 2. The SMILES string of the molecule is CCC(NCCCC(C)(C)CO)c1c(C)nn(C)c1C. The maximum absolute atomic E-state index is 9.27. The van der Waals surface area contributed by atoms with Crippen molar-refractivity contribution in [2.75, 3.05) is 13.2 Å². The van der Waals surface area contributed by atoms with Crippen LogP contribution in [0.2, 0.25) is 0 Å². The molecule has 4 heteroatoms. The summed E-state index contributed by atoms with van der Waals surface area (Å²) < 4.78 is 1.96. The fourth-order valence-corrected chi connectivity index (χ4v) is 2.67. The lowest BCUT2D eigenvalue weighted by Gasteiger charge is -2.23. The first-order chi connectivity index (χ1) is 9.32. The van der Waals surface area contributed by atoms with Gasteiger partial charge in [-0.1, -0.05) is 20.8 Å². The molecule has 0 bridgehead atoms. The molecule has 0 aliphatic rings. The summed E-state index contributed by atoms with van der Waals surface area (Å²) in [5.74, 6) is 0. The van der Waals surface area contributed by atoms with E-state index in [2.05, 4.69) is 45.0 Å². The van der Waals surface area contributed by atoms with Gasteiger partial charge in [-0.05, 0) is 45.1 Å². The van der Waals surface area contributed by atoms with Crippen molar-refractivity contribution in [2.45, 2.75) is 59.9 Å². The van der Waals surface area contributed by atoms with Crippen molar-refractivity contribution >= 4 is 0 Å². The minimum atomic E-state index is 0.0313. The van der Waals surface area contributed by atoms with Gasteiger partial charge < -0.3 is 10.4 Å². The highest BCUT2D eigenvalue weighted by atomic mass is 16.3. The van der Waals surface area contributed by atoms with E-state index in [1.54, 1.807) is 0 Å². The summed E-state index contributed by atoms with van der Waals surface area (Å²) >= 11 is 0. The normalized spacial score (nSPS) is 13.8. The summed E-state index contributed by atoms with van der Waals surface area (Å²) in [5, 5.41) is 17.4. The smallest absolute Gasteiger partial charge is 0.0644 e. The van der Waals surface area contributed by atoms with E-state index in [0.29, 0.717) is 6.04 Å². The van der Waals surface area contributed by atoms with Crippen LogP contribution >= 0.6 is 0 Å². The Morgan fingerprint density at radius 2 is 2.00 bits per heavy atom. The lowest BCUT2D eigenvalue weighted by molar-refractivity contribution is 0.147. The van der Waals surface area contributed by atoms with E-state index in [9.17, 15) is 5.11 Å². The Morgan fingerprint density at radius 3 is 2.45 bits per heavy atom. The van der Waals surface area contributed by atoms with Crippen molar-refractivity contribution in [1.29, 1.82) is 0 Å². The largest absolute Gasteiger partial charge is 0.396 e. The van der Waals surface area contributed by atoms with Gasteiger partial charge in [-0.3, -0.25) is 4.68 Å². The Labute approximate surface area is 123 Å². The van der Waals surface area contributed by atoms with E-state index in [4.69, 9.17) is 0 Å². The zero-order chi connectivity index (χ0) is 15.3. The van der Waals surface area contributed by atoms with Gasteiger partial charge in [0.1, 0.15) is 0 Å². The third kappa shape index (κ3) is 4.32. The molecule has 0 amide bonds. The molecule has 1 rings (SSSR count). The molecule has 1 aromatic rings. The Morgan fingerprint density at radius 1 is 1.35 bits per heavy atom. The predicted octanol–water partition coefficient (Wildman–Crippen LogP) is 2.88. The summed E-state index contributed by atoms with van der Waals surface area (Å²) in [4.78, 5) is 0. The van der Waals surface area contributed by atoms with E-state index < -0.39 is 0 Å². The highest BCUT2D eigenvalue weighted by molar-refractivity contribution is 5.28. The zero-order valence-corrected chi connectivity index (χ0v) is 14.0. The molecule has 1 unspecified atom stereocenters. The molecule has 0 radical (unpaired) electrons. The van der Waals surface area contributed by atoms with Gasteiger partial charge in [0.25, 0.3) is 0 Å². The van der Waals surface area contributed by atoms with E-state index >= 15 is 0 Å². The van der Waals surface area contributed by atoms with Crippen molar-refractivity contribution < 1.29 is 5.11 Å². The van der Waals surface area contributed by atoms with Crippen LogP contribution in [0, 0.1) is 19.3 Å². The molecular formula is C16H31N3O. The molecule has 0 aliphatic heterocycles. The molecule has 0 spiro atoms. The molecule has 1 aromatic heterocycles. The second-order valence-corrected chi connectivity index (χ2v) is 6.55. The molecule has 1 heterocycles. The van der Waals surface area contributed by atoms with Gasteiger partial charge in [0.05, 0.1) is 5.69 Å². The lowest BCUT2D eigenvalue weighted by atomic mass is 9.89. The topological polar surface area (TPSA) is 50.1 Å². The van der Waals surface area contributed by atoms with Gasteiger partial charge in [-0.2, -0.15) is 5.10 Å². The lowest BCUT2D eigenvalue weighted by Crippen LogP contribution is -2.25. The van der Waals surface area contributed by atoms with Crippen LogP contribution in [0.4, 0.5) is 0 Å². The summed E-state index contributed by atoms with van der Waals surface area (Å²) in [7, 11) is 2.00. The Hall–Kier alpha value is -0.870. The molecule has 0 saturated heterocycles. The number of aliphatic hydroxyl groups is 1. The number of hydrogen-bond acceptors (Lipinski definition) is 3. The molecule has 0 aliphatic carbocycles. The van der Waals surface area contributed by atoms with Crippen LogP contribution in [0.25, 0.3) is 0 Å². The molecule has 4 nitrogen and oxygen atoms in total. The van der Waals surface area contributed by atoms with Crippen molar-refractivity contribution in [2.24, 2.45) is 12.5 Å². The van der Waals surface area contributed by atoms with Gasteiger partial charge in [0, 0.05) is 31.0 Å². The third-order valence-electron chi connectivity index (χ3n) is 4.17. The fraction of sp³-hybridized carbons (Fsp3) is 0.812. The van der Waals surface area contributed by atoms with Crippen LogP contribution in [0.3, 0.4) is 0 Å². The first-order valence-electron chi connectivity index (χ1n) is 7.66. The monoisotopic (exact) mass is 281 g/mol. The molecular weight excluding hydrogens is 250 g/mol. The number of hydrogen-bond donors (Lipinski definition) is 2. The minimum Gasteiger partial charge on any atom is -0.396 e. The van der Waals surface area contributed by atoms with Crippen LogP contribution in [0.5, 0.6) is 0 Å². The van der Waals surface area contributed by atoms with Gasteiger partial charge in [0.15, 0.2) is 0 Å². The highest BCUT2D eigenvalue weighted by Gasteiger charge is 2.19. The van der Waals surface area contributed by atoms with Crippen molar-refractivity contribution in [3.05, 3.63) is 17.0 Å². The van der Waals surface area contributed by atoms with Crippen LogP contribution in [-0.2, 0) is 7.05 Å². The van der Waals surface area contributed by atoms with Crippen molar-refractivity contribution in [1.82, 2.24) is 15.1 Å². The molecule has 2 N–H and O–H groups in total. The average Bonchev–Trinajstić information content (AvgIpc) is 2.65. The first kappa shape index (κ1) is 17.2. The van der Waals surface area contributed by atoms with Crippen LogP contribution in [0.1, 0.15) is 63.0 Å². The quantitative estimate of drug-likeness (QED) is 0.720. The van der Waals surface area contributed by atoms with Crippen molar-refractivity contribution in [3.8, 4) is 0 Å². The minimum absolute atomic E-state index is 0.0313. The average molecular weight is 281 g/mol. The van der Waals surface area contributed by atoms with Crippen LogP contribution < -0.4 is 5.32 Å². The Bertz CT molecular complexity index is 424. The van der Waals surface area contributed by atoms with Crippen LogP contribution in [0.15, 0.2) is 0 Å². The van der Waals surface area contributed by atoms with Gasteiger partial charge >= 0.3 is 0 Å². The number of aliphatic hydroxyl groups excluding tert-OH is 1. The second kappa shape index (κ2) is 7.23. The molecule has 20 heavy (non-hydrogen) atoms. The summed E-state index contributed by atoms with van der Waals surface area (Å²) in [6.45, 7) is 11.9. The number of aromatic nitrogens is 2. The standard InChI is InChI=1S/C16H31N3O/c1-7-14(15-12(2)18-19(6)13(15)3)17-10-8-9-16(4,5)11-20/h14,17,20H,7-11H2,1-6H3. The predicted molar refractivity (Wildman–Crippen MR) is 83.8 cm³/mol. The number of rotatable bonds is 8. The van der Waals surface area contributed by atoms with E-state index in [0.717, 1.165) is 31.5 Å². The second-order valence-electron chi connectivity index (χ2n) is 6.55. The van der Waals surface area contributed by atoms with E-state index in [-0.39, 0.29) is 12.0 Å². The highest BCUT2D eigenvalue weighted by Crippen LogP contribution is 2.24. The molecule has 1 atom stereocenters. The van der Waals surface area contributed by atoms with Gasteiger partial charge in [-0.25, -0.2) is 0 Å². The van der Waals surface area contributed by atoms with Crippen molar-refractivity contribution in [3.63, 3.8) is 0 Å². The maximum Gasteiger partial charge on any atom is 0.0644 e. The molecule has 0 fully saturated rings. The summed E-state index contributed by atoms with van der Waals surface area (Å²) in [5.41, 5.74) is 3.75. The fourth-order valence-electron chi connectivity index (χ4n) is 2.67. The Balaban J connectivity index is 2.56. The number of aryl methyl sites for hydroxylation is 2. The van der Waals surface area contributed by atoms with Gasteiger partial charge in [-0.15, -0.1) is 0 Å². The van der Waals surface area contributed by atoms with Gasteiger partial charge in [0.2, 0.25) is 0 Å². The molecule has 0 saturated carbocycles. The zero-order valence-electron chi connectivity index (χ0n) is 14.0.